The van der Waals surface area contributed by atoms with E-state index in [0.29, 0.717) is 6.61 Å². The smallest absolute Gasteiger partial charge is 0.315 e. The van der Waals surface area contributed by atoms with Gasteiger partial charge in [0, 0.05) is 0 Å². The number of benzene rings is 1. The molecule has 0 aliphatic rings. The second-order valence-electron chi connectivity index (χ2n) is 4.76. The first-order chi connectivity index (χ1) is 8.43. The molecule has 1 rings (SSSR count). The van der Waals surface area contributed by atoms with Crippen LogP contribution in [0, 0.1) is 0 Å². The molecule has 3 N–H and O–H groups in total. The molecule has 1 aromatic carbocycles. The number of esters is 1. The lowest BCUT2D eigenvalue weighted by Crippen LogP contribution is -2.31. The van der Waals surface area contributed by atoms with Crippen molar-refractivity contribution in [1.82, 2.24) is 0 Å². The third-order valence-electron chi connectivity index (χ3n) is 3.04. The standard InChI is InChI=1S/C14H21NO3/c1-4-18-13(17)14(2,3)11-7-5-10(6-8-11)12(15)9-16/h5-8,12,16H,4,9,15H2,1-3H3. The third kappa shape index (κ3) is 3.09. The van der Waals surface area contributed by atoms with Gasteiger partial charge in [-0.05, 0) is 31.9 Å². The van der Waals surface area contributed by atoms with Gasteiger partial charge in [0.05, 0.1) is 24.7 Å². The lowest BCUT2D eigenvalue weighted by Gasteiger charge is -2.23. The predicted octanol–water partition coefficient (Wildman–Crippen LogP) is 1.52. The Morgan fingerprint density at radius 1 is 1.39 bits per heavy atom. The second-order valence-corrected chi connectivity index (χ2v) is 4.76. The highest BCUT2D eigenvalue weighted by atomic mass is 16.5. The quantitative estimate of drug-likeness (QED) is 0.778. The van der Waals surface area contributed by atoms with E-state index in [9.17, 15) is 4.79 Å². The molecule has 0 saturated heterocycles. The molecular weight excluding hydrogens is 230 g/mol. The molecule has 0 saturated carbocycles. The van der Waals surface area contributed by atoms with Crippen LogP contribution in [0.4, 0.5) is 0 Å². The van der Waals surface area contributed by atoms with Gasteiger partial charge in [-0.3, -0.25) is 4.79 Å². The maximum absolute atomic E-state index is 11.9. The fraction of sp³-hybridized carbons (Fsp3) is 0.500. The van der Waals surface area contributed by atoms with Crippen molar-refractivity contribution < 1.29 is 14.6 Å². The van der Waals surface area contributed by atoms with Gasteiger partial charge in [-0.1, -0.05) is 24.3 Å². The Bertz CT molecular complexity index is 398. The van der Waals surface area contributed by atoms with E-state index < -0.39 is 5.41 Å². The zero-order valence-electron chi connectivity index (χ0n) is 11.1. The molecule has 0 spiro atoms. The summed E-state index contributed by atoms with van der Waals surface area (Å²) in [6.45, 7) is 5.71. The van der Waals surface area contributed by atoms with E-state index in [-0.39, 0.29) is 18.6 Å². The Hall–Kier alpha value is -1.39. The van der Waals surface area contributed by atoms with Crippen LogP contribution < -0.4 is 5.73 Å². The van der Waals surface area contributed by atoms with Crippen LogP contribution in [-0.4, -0.2) is 24.3 Å². The van der Waals surface area contributed by atoms with Crippen molar-refractivity contribution in [3.63, 3.8) is 0 Å². The van der Waals surface area contributed by atoms with Crippen molar-refractivity contribution in [3.8, 4) is 0 Å². The summed E-state index contributed by atoms with van der Waals surface area (Å²) in [4.78, 5) is 11.9. The second kappa shape index (κ2) is 5.98. The number of aliphatic hydroxyl groups excluding tert-OH is 1. The van der Waals surface area contributed by atoms with Gasteiger partial charge in [-0.15, -0.1) is 0 Å². The molecule has 1 unspecified atom stereocenters. The number of carbonyl (C=O) groups excluding carboxylic acids is 1. The zero-order valence-corrected chi connectivity index (χ0v) is 11.1. The normalized spacial score (nSPS) is 13.2. The fourth-order valence-electron chi connectivity index (χ4n) is 1.68. The van der Waals surface area contributed by atoms with Gasteiger partial charge in [0.15, 0.2) is 0 Å². The first kappa shape index (κ1) is 14.7. The van der Waals surface area contributed by atoms with Crippen LogP contribution in [0.15, 0.2) is 24.3 Å². The summed E-state index contributed by atoms with van der Waals surface area (Å²) in [5, 5.41) is 8.98. The molecule has 0 bridgehead atoms. The zero-order chi connectivity index (χ0) is 13.8. The largest absolute Gasteiger partial charge is 0.465 e. The van der Waals surface area contributed by atoms with Crippen LogP contribution in [0.2, 0.25) is 0 Å². The molecule has 4 nitrogen and oxygen atoms in total. The van der Waals surface area contributed by atoms with Crippen molar-refractivity contribution >= 4 is 5.97 Å². The minimum atomic E-state index is -0.683. The van der Waals surface area contributed by atoms with Gasteiger partial charge >= 0.3 is 5.97 Å². The molecule has 0 amide bonds. The number of hydrogen-bond acceptors (Lipinski definition) is 4. The topological polar surface area (TPSA) is 72.5 Å². The molecule has 0 radical (unpaired) electrons. The van der Waals surface area contributed by atoms with E-state index in [1.165, 1.54) is 0 Å². The Morgan fingerprint density at radius 2 is 1.94 bits per heavy atom. The van der Waals surface area contributed by atoms with Crippen LogP contribution in [0.25, 0.3) is 0 Å². The number of hydrogen-bond donors (Lipinski definition) is 2. The highest BCUT2D eigenvalue weighted by Gasteiger charge is 2.31. The van der Waals surface area contributed by atoms with Gasteiger partial charge in [-0.25, -0.2) is 0 Å². The van der Waals surface area contributed by atoms with E-state index in [4.69, 9.17) is 15.6 Å². The lowest BCUT2D eigenvalue weighted by molar-refractivity contribution is -0.148. The summed E-state index contributed by atoms with van der Waals surface area (Å²) in [6.07, 6.45) is 0. The summed E-state index contributed by atoms with van der Waals surface area (Å²) in [6, 6.07) is 6.97. The Morgan fingerprint density at radius 3 is 2.39 bits per heavy atom. The predicted molar refractivity (Wildman–Crippen MR) is 70.1 cm³/mol. The first-order valence-electron chi connectivity index (χ1n) is 6.07. The highest BCUT2D eigenvalue weighted by Crippen LogP contribution is 2.26. The highest BCUT2D eigenvalue weighted by molar-refractivity contribution is 5.82. The van der Waals surface area contributed by atoms with E-state index in [1.54, 1.807) is 6.92 Å². The lowest BCUT2D eigenvalue weighted by atomic mass is 9.84. The third-order valence-corrected chi connectivity index (χ3v) is 3.04. The molecule has 0 aliphatic heterocycles. The van der Waals surface area contributed by atoms with Crippen LogP contribution in [-0.2, 0) is 14.9 Å². The van der Waals surface area contributed by atoms with Crippen molar-refractivity contribution in [2.45, 2.75) is 32.2 Å². The number of ether oxygens (including phenoxy) is 1. The van der Waals surface area contributed by atoms with Gasteiger partial charge in [-0.2, -0.15) is 0 Å². The molecule has 100 valence electrons. The van der Waals surface area contributed by atoms with Gasteiger partial charge < -0.3 is 15.6 Å². The molecule has 1 atom stereocenters. The Balaban J connectivity index is 2.93. The van der Waals surface area contributed by atoms with Crippen molar-refractivity contribution in [1.29, 1.82) is 0 Å². The van der Waals surface area contributed by atoms with E-state index >= 15 is 0 Å². The summed E-state index contributed by atoms with van der Waals surface area (Å²) in [5.74, 6) is -0.246. The van der Waals surface area contributed by atoms with Gasteiger partial charge in [0.25, 0.3) is 0 Å². The minimum Gasteiger partial charge on any atom is -0.465 e. The van der Waals surface area contributed by atoms with Crippen LogP contribution in [0.1, 0.15) is 37.9 Å². The number of aliphatic hydroxyl groups is 1. The molecule has 0 heterocycles. The van der Waals surface area contributed by atoms with Gasteiger partial charge in [0.2, 0.25) is 0 Å². The van der Waals surface area contributed by atoms with E-state index in [0.717, 1.165) is 11.1 Å². The number of rotatable bonds is 5. The summed E-state index contributed by atoms with van der Waals surface area (Å²) < 4.78 is 5.06. The monoisotopic (exact) mass is 251 g/mol. The first-order valence-corrected chi connectivity index (χ1v) is 6.07. The molecule has 0 fully saturated rings. The average Bonchev–Trinajstić information content (AvgIpc) is 2.38. The molecule has 18 heavy (non-hydrogen) atoms. The van der Waals surface area contributed by atoms with Crippen molar-refractivity contribution in [2.75, 3.05) is 13.2 Å². The Labute approximate surface area is 108 Å². The van der Waals surface area contributed by atoms with Crippen LogP contribution >= 0.6 is 0 Å². The van der Waals surface area contributed by atoms with Gasteiger partial charge in [0.1, 0.15) is 0 Å². The maximum Gasteiger partial charge on any atom is 0.315 e. The number of nitrogens with two attached hydrogens (primary N) is 1. The molecular formula is C14H21NO3. The average molecular weight is 251 g/mol. The molecule has 1 aromatic rings. The van der Waals surface area contributed by atoms with E-state index in [1.807, 2.05) is 38.1 Å². The maximum atomic E-state index is 11.9. The number of carbonyl (C=O) groups is 1. The van der Waals surface area contributed by atoms with Crippen molar-refractivity contribution in [2.24, 2.45) is 5.73 Å². The summed E-state index contributed by atoms with van der Waals surface area (Å²) in [5.41, 5.74) is 6.75. The summed E-state index contributed by atoms with van der Waals surface area (Å²) >= 11 is 0. The SMILES string of the molecule is CCOC(=O)C(C)(C)c1ccc(C(N)CO)cc1. The van der Waals surface area contributed by atoms with Crippen LogP contribution in [0.3, 0.4) is 0 Å². The van der Waals surface area contributed by atoms with Crippen LogP contribution in [0.5, 0.6) is 0 Å². The Kier molecular flexibility index (Phi) is 4.87. The molecule has 0 aliphatic carbocycles. The minimum absolute atomic E-state index is 0.0966. The van der Waals surface area contributed by atoms with Crippen molar-refractivity contribution in [3.05, 3.63) is 35.4 Å². The molecule has 4 heteroatoms. The molecule has 0 aromatic heterocycles. The summed E-state index contributed by atoms with van der Waals surface area (Å²) in [7, 11) is 0. The fourth-order valence-corrected chi connectivity index (χ4v) is 1.68. The van der Waals surface area contributed by atoms with E-state index in [2.05, 4.69) is 0 Å².